The Morgan fingerprint density at radius 2 is 1.68 bits per heavy atom. The first-order valence-electron chi connectivity index (χ1n) is 9.90. The van der Waals surface area contributed by atoms with Gasteiger partial charge in [0.2, 0.25) is 15.9 Å². The Morgan fingerprint density at radius 3 is 2.29 bits per heavy atom. The fourth-order valence-electron chi connectivity index (χ4n) is 2.86. The molecule has 0 heterocycles. The van der Waals surface area contributed by atoms with Crippen LogP contribution in [0.5, 0.6) is 0 Å². The summed E-state index contributed by atoms with van der Waals surface area (Å²) in [6, 6.07) is 13.0. The van der Waals surface area contributed by atoms with Gasteiger partial charge in [0.05, 0.1) is 16.1 Å². The van der Waals surface area contributed by atoms with E-state index in [9.17, 15) is 18.0 Å². The van der Waals surface area contributed by atoms with Crippen molar-refractivity contribution in [2.75, 3.05) is 25.0 Å². The zero-order valence-electron chi connectivity index (χ0n) is 17.7. The Labute approximate surface area is 183 Å². The maximum absolute atomic E-state index is 12.5. The standard InChI is InChI=1S/C23H27N3O4S/c1-4-17-24-23(28)20-9-7-8-10-21(20)25-22(27)16-13-18-11-14-19(15-12-18)31(29,30)26(5-2)6-3/h4,7-16H,1,5-6,17H2,2-3H3,(H,24,28)(H,25,27)/b16-13+. The number of carbonyl (C=O) groups excluding carboxylic acids is 2. The van der Waals surface area contributed by atoms with Crippen LogP contribution in [-0.4, -0.2) is 44.2 Å². The Morgan fingerprint density at radius 1 is 1.03 bits per heavy atom. The van der Waals surface area contributed by atoms with Crippen LogP contribution in [0.3, 0.4) is 0 Å². The second-order valence-electron chi connectivity index (χ2n) is 6.53. The molecule has 0 unspecified atom stereocenters. The molecule has 0 aromatic heterocycles. The van der Waals surface area contributed by atoms with Crippen LogP contribution in [0.15, 0.2) is 72.2 Å². The van der Waals surface area contributed by atoms with E-state index in [0.29, 0.717) is 36.4 Å². The first-order valence-corrected chi connectivity index (χ1v) is 11.3. The van der Waals surface area contributed by atoms with Crippen molar-refractivity contribution in [2.45, 2.75) is 18.7 Å². The molecular weight excluding hydrogens is 414 g/mol. The molecule has 0 aliphatic heterocycles. The normalized spacial score (nSPS) is 11.5. The summed E-state index contributed by atoms with van der Waals surface area (Å²) in [5.74, 6) is -0.728. The van der Waals surface area contributed by atoms with Gasteiger partial charge in [-0.1, -0.05) is 44.2 Å². The minimum absolute atomic E-state index is 0.206. The third kappa shape index (κ3) is 6.37. The van der Waals surface area contributed by atoms with Crippen LogP contribution >= 0.6 is 0 Å². The average molecular weight is 442 g/mol. The molecule has 0 radical (unpaired) electrons. The van der Waals surface area contributed by atoms with Crippen molar-refractivity contribution in [1.82, 2.24) is 9.62 Å². The number of para-hydroxylation sites is 1. The first-order chi connectivity index (χ1) is 14.8. The fourth-order valence-corrected chi connectivity index (χ4v) is 4.32. The van der Waals surface area contributed by atoms with Crippen LogP contribution in [-0.2, 0) is 14.8 Å². The van der Waals surface area contributed by atoms with Gasteiger partial charge in [0.15, 0.2) is 0 Å². The summed E-state index contributed by atoms with van der Waals surface area (Å²) < 4.78 is 26.4. The third-order valence-electron chi connectivity index (χ3n) is 4.49. The topological polar surface area (TPSA) is 95.6 Å². The highest BCUT2D eigenvalue weighted by molar-refractivity contribution is 7.89. The quantitative estimate of drug-likeness (QED) is 0.437. The number of amides is 2. The van der Waals surface area contributed by atoms with Gasteiger partial charge in [-0.05, 0) is 35.9 Å². The molecule has 0 spiro atoms. The summed E-state index contributed by atoms with van der Waals surface area (Å²) in [6.45, 7) is 8.25. The van der Waals surface area contributed by atoms with Gasteiger partial charge in [0.1, 0.15) is 0 Å². The van der Waals surface area contributed by atoms with Crippen molar-refractivity contribution in [3.63, 3.8) is 0 Å². The third-order valence-corrected chi connectivity index (χ3v) is 6.55. The van der Waals surface area contributed by atoms with Gasteiger partial charge in [-0.3, -0.25) is 9.59 Å². The molecule has 7 nitrogen and oxygen atoms in total. The van der Waals surface area contributed by atoms with Crippen LogP contribution in [0.1, 0.15) is 29.8 Å². The van der Waals surface area contributed by atoms with Crippen molar-refractivity contribution < 1.29 is 18.0 Å². The lowest BCUT2D eigenvalue weighted by molar-refractivity contribution is -0.111. The van der Waals surface area contributed by atoms with Crippen LogP contribution < -0.4 is 10.6 Å². The van der Waals surface area contributed by atoms with Crippen molar-refractivity contribution in [1.29, 1.82) is 0 Å². The molecule has 0 fully saturated rings. The molecular formula is C23H27N3O4S. The van der Waals surface area contributed by atoms with Gasteiger partial charge < -0.3 is 10.6 Å². The number of nitrogens with one attached hydrogen (secondary N) is 2. The molecule has 0 saturated heterocycles. The molecule has 0 bridgehead atoms. The summed E-state index contributed by atoms with van der Waals surface area (Å²) in [5.41, 5.74) is 1.40. The van der Waals surface area contributed by atoms with Crippen LogP contribution in [0.2, 0.25) is 0 Å². The van der Waals surface area contributed by atoms with Crippen LogP contribution in [0.25, 0.3) is 6.08 Å². The molecule has 0 aliphatic carbocycles. The molecule has 31 heavy (non-hydrogen) atoms. The van der Waals surface area contributed by atoms with E-state index in [2.05, 4.69) is 17.2 Å². The van der Waals surface area contributed by atoms with Gasteiger partial charge in [-0.15, -0.1) is 6.58 Å². The molecule has 8 heteroatoms. The van der Waals surface area contributed by atoms with Gasteiger partial charge >= 0.3 is 0 Å². The van der Waals surface area contributed by atoms with Crippen LogP contribution in [0.4, 0.5) is 5.69 Å². The Hall–Kier alpha value is -3.23. The maximum Gasteiger partial charge on any atom is 0.253 e. The van der Waals surface area contributed by atoms with E-state index in [1.807, 2.05) is 0 Å². The van der Waals surface area contributed by atoms with Crippen molar-refractivity contribution in [3.8, 4) is 0 Å². The second-order valence-corrected chi connectivity index (χ2v) is 8.46. The van der Waals surface area contributed by atoms with Gasteiger partial charge in [0.25, 0.3) is 5.91 Å². The molecule has 0 aliphatic rings. The summed E-state index contributed by atoms with van der Waals surface area (Å²) in [4.78, 5) is 24.7. The number of rotatable bonds is 10. The second kappa shape index (κ2) is 11.2. The molecule has 2 aromatic rings. The predicted molar refractivity (Wildman–Crippen MR) is 123 cm³/mol. The highest BCUT2D eigenvalue weighted by Gasteiger charge is 2.21. The number of sulfonamides is 1. The lowest BCUT2D eigenvalue weighted by atomic mass is 10.1. The van der Waals surface area contributed by atoms with E-state index in [1.165, 1.54) is 22.5 Å². The molecule has 2 aromatic carbocycles. The van der Waals surface area contributed by atoms with Crippen molar-refractivity contribution >= 4 is 33.6 Å². The number of nitrogens with zero attached hydrogens (tertiary/aromatic N) is 1. The maximum atomic E-state index is 12.5. The molecule has 0 atom stereocenters. The minimum Gasteiger partial charge on any atom is -0.349 e. The lowest BCUT2D eigenvalue weighted by Gasteiger charge is -2.18. The van der Waals surface area contributed by atoms with Crippen molar-refractivity contribution in [3.05, 3.63) is 78.4 Å². The SMILES string of the molecule is C=CCNC(=O)c1ccccc1NC(=O)/C=C/c1ccc(S(=O)(=O)N(CC)CC)cc1. The summed E-state index contributed by atoms with van der Waals surface area (Å²) in [5, 5.41) is 5.36. The highest BCUT2D eigenvalue weighted by atomic mass is 32.2. The smallest absolute Gasteiger partial charge is 0.253 e. The Balaban J connectivity index is 2.10. The van der Waals surface area contributed by atoms with E-state index in [1.54, 1.807) is 62.4 Å². The minimum atomic E-state index is -3.52. The molecule has 0 saturated carbocycles. The molecule has 2 N–H and O–H groups in total. The molecule has 2 amide bonds. The average Bonchev–Trinajstić information content (AvgIpc) is 2.77. The van der Waals surface area contributed by atoms with Crippen LogP contribution in [0, 0.1) is 0 Å². The summed E-state index contributed by atoms with van der Waals surface area (Å²) in [7, 11) is -3.52. The lowest BCUT2D eigenvalue weighted by Crippen LogP contribution is -2.30. The first kappa shape index (κ1) is 24.0. The predicted octanol–water partition coefficient (Wildman–Crippen LogP) is 3.28. The Kier molecular flexibility index (Phi) is 8.72. The van der Waals surface area contributed by atoms with E-state index >= 15 is 0 Å². The largest absolute Gasteiger partial charge is 0.349 e. The van der Waals surface area contributed by atoms with E-state index in [-0.39, 0.29) is 10.8 Å². The monoisotopic (exact) mass is 441 g/mol. The molecule has 164 valence electrons. The van der Waals surface area contributed by atoms with E-state index < -0.39 is 15.9 Å². The fraction of sp³-hybridized carbons (Fsp3) is 0.217. The zero-order chi connectivity index (χ0) is 22.9. The van der Waals surface area contributed by atoms with Crippen molar-refractivity contribution in [2.24, 2.45) is 0 Å². The summed E-state index contributed by atoms with van der Waals surface area (Å²) in [6.07, 6.45) is 4.47. The number of hydrogen-bond donors (Lipinski definition) is 2. The van der Waals surface area contributed by atoms with Gasteiger partial charge in [-0.2, -0.15) is 4.31 Å². The highest BCUT2D eigenvalue weighted by Crippen LogP contribution is 2.18. The molecule has 2 rings (SSSR count). The summed E-state index contributed by atoms with van der Waals surface area (Å²) >= 11 is 0. The van der Waals surface area contributed by atoms with E-state index in [4.69, 9.17) is 0 Å². The number of benzene rings is 2. The number of anilines is 1. The Bertz CT molecular complexity index is 1060. The zero-order valence-corrected chi connectivity index (χ0v) is 18.5. The van der Waals surface area contributed by atoms with E-state index in [0.717, 1.165) is 0 Å². The van der Waals surface area contributed by atoms with Gasteiger partial charge in [0, 0.05) is 25.7 Å². The number of hydrogen-bond acceptors (Lipinski definition) is 4. The number of carbonyl (C=O) groups is 2. The van der Waals surface area contributed by atoms with Gasteiger partial charge in [-0.25, -0.2) is 8.42 Å².